The first-order valence-electron chi connectivity index (χ1n) is 9.11. The van der Waals surface area contributed by atoms with Crippen LogP contribution in [0, 0.1) is 0 Å². The van der Waals surface area contributed by atoms with Crippen molar-refractivity contribution in [2.45, 2.75) is 32.8 Å². The van der Waals surface area contributed by atoms with Crippen molar-refractivity contribution in [3.63, 3.8) is 0 Å². The lowest BCUT2D eigenvalue weighted by atomic mass is 10.1. The van der Waals surface area contributed by atoms with Gasteiger partial charge in [-0.2, -0.15) is 0 Å². The van der Waals surface area contributed by atoms with Gasteiger partial charge in [-0.3, -0.25) is 9.59 Å². The first-order valence-corrected chi connectivity index (χ1v) is 9.91. The summed E-state index contributed by atoms with van der Waals surface area (Å²) in [6.07, 6.45) is 2.10. The summed E-state index contributed by atoms with van der Waals surface area (Å²) in [7, 11) is 0. The number of halogens is 1. The zero-order valence-electron chi connectivity index (χ0n) is 15.5. The van der Waals surface area contributed by atoms with Crippen molar-refractivity contribution in [1.82, 2.24) is 4.90 Å². The molecule has 1 aliphatic heterocycles. The molecule has 5 nitrogen and oxygen atoms in total. The van der Waals surface area contributed by atoms with Crippen molar-refractivity contribution in [2.24, 2.45) is 0 Å². The van der Waals surface area contributed by atoms with E-state index >= 15 is 0 Å². The number of nitrogens with zero attached hydrogens (tertiary/aromatic N) is 1. The maximum atomic E-state index is 12.7. The zero-order chi connectivity index (χ0) is 19.4. The highest BCUT2D eigenvalue weighted by Crippen LogP contribution is 2.28. The second-order valence-electron chi connectivity index (χ2n) is 6.81. The fraction of sp³-hybridized carbons (Fsp3) is 0.333. The van der Waals surface area contributed by atoms with Gasteiger partial charge in [0.2, 0.25) is 0 Å². The van der Waals surface area contributed by atoms with E-state index in [9.17, 15) is 9.59 Å². The highest BCUT2D eigenvalue weighted by molar-refractivity contribution is 9.10. The minimum absolute atomic E-state index is 0.0368. The van der Waals surface area contributed by atoms with E-state index in [1.54, 1.807) is 30.3 Å². The van der Waals surface area contributed by atoms with E-state index in [1.807, 2.05) is 30.9 Å². The number of hydrogen-bond donors (Lipinski definition) is 1. The summed E-state index contributed by atoms with van der Waals surface area (Å²) >= 11 is 3.45. The van der Waals surface area contributed by atoms with Crippen LogP contribution in [0.3, 0.4) is 0 Å². The SMILES string of the molecule is CC(C)Oc1ccc(C(=O)Nc2ccccc2C(=O)N2CCCC2)cc1Br. The van der Waals surface area contributed by atoms with E-state index < -0.39 is 0 Å². The lowest BCUT2D eigenvalue weighted by molar-refractivity contribution is 0.0794. The molecule has 2 aromatic carbocycles. The Kier molecular flexibility index (Phi) is 6.16. The second kappa shape index (κ2) is 8.57. The van der Waals surface area contributed by atoms with E-state index in [2.05, 4.69) is 21.2 Å². The number of anilines is 1. The van der Waals surface area contributed by atoms with Gasteiger partial charge >= 0.3 is 0 Å². The fourth-order valence-electron chi connectivity index (χ4n) is 3.06. The molecule has 0 spiro atoms. The van der Waals surface area contributed by atoms with E-state index in [1.165, 1.54) is 0 Å². The maximum absolute atomic E-state index is 12.7. The molecule has 1 N–H and O–H groups in total. The van der Waals surface area contributed by atoms with E-state index in [0.717, 1.165) is 25.9 Å². The Morgan fingerprint density at radius 1 is 1.11 bits per heavy atom. The van der Waals surface area contributed by atoms with Crippen LogP contribution in [0.4, 0.5) is 5.69 Å². The van der Waals surface area contributed by atoms with Gasteiger partial charge in [-0.15, -0.1) is 0 Å². The van der Waals surface area contributed by atoms with Crippen LogP contribution in [0.2, 0.25) is 0 Å². The molecule has 27 heavy (non-hydrogen) atoms. The van der Waals surface area contributed by atoms with Crippen molar-refractivity contribution in [1.29, 1.82) is 0 Å². The third kappa shape index (κ3) is 4.69. The molecule has 0 unspecified atom stereocenters. The molecule has 3 rings (SSSR count). The Bertz CT molecular complexity index is 845. The first kappa shape index (κ1) is 19.4. The summed E-state index contributed by atoms with van der Waals surface area (Å²) in [5, 5.41) is 2.87. The molecule has 0 radical (unpaired) electrons. The largest absolute Gasteiger partial charge is 0.490 e. The third-order valence-corrected chi connectivity index (χ3v) is 4.98. The van der Waals surface area contributed by atoms with Crippen LogP contribution >= 0.6 is 15.9 Å². The van der Waals surface area contributed by atoms with Crippen LogP contribution in [0.1, 0.15) is 47.4 Å². The van der Waals surface area contributed by atoms with Gasteiger partial charge in [0.05, 0.1) is 21.8 Å². The van der Waals surface area contributed by atoms with Gasteiger partial charge in [-0.1, -0.05) is 12.1 Å². The molecule has 0 atom stereocenters. The van der Waals surface area contributed by atoms with Gasteiger partial charge in [-0.25, -0.2) is 0 Å². The Morgan fingerprint density at radius 2 is 1.81 bits per heavy atom. The lowest BCUT2D eigenvalue weighted by Gasteiger charge is -2.18. The smallest absolute Gasteiger partial charge is 0.255 e. The molecular weight excluding hydrogens is 408 g/mol. The van der Waals surface area contributed by atoms with Crippen LogP contribution in [0.15, 0.2) is 46.9 Å². The molecule has 6 heteroatoms. The zero-order valence-corrected chi connectivity index (χ0v) is 17.1. The third-order valence-electron chi connectivity index (χ3n) is 4.36. The van der Waals surface area contributed by atoms with Crippen molar-refractivity contribution in [3.05, 3.63) is 58.1 Å². The van der Waals surface area contributed by atoms with Crippen LogP contribution in [0.25, 0.3) is 0 Å². The monoisotopic (exact) mass is 430 g/mol. The van der Waals surface area contributed by atoms with Crippen LogP contribution in [-0.2, 0) is 0 Å². The summed E-state index contributed by atoms with van der Waals surface area (Å²) in [6, 6.07) is 12.3. The molecule has 1 aliphatic rings. The topological polar surface area (TPSA) is 58.6 Å². The number of para-hydroxylation sites is 1. The Balaban J connectivity index is 1.78. The number of likely N-dealkylation sites (tertiary alicyclic amines) is 1. The van der Waals surface area contributed by atoms with E-state index in [0.29, 0.717) is 27.0 Å². The van der Waals surface area contributed by atoms with Crippen LogP contribution in [-0.4, -0.2) is 35.9 Å². The normalized spacial score (nSPS) is 13.7. The van der Waals surface area contributed by atoms with Crippen LogP contribution in [0.5, 0.6) is 5.75 Å². The van der Waals surface area contributed by atoms with E-state index in [-0.39, 0.29) is 17.9 Å². The van der Waals surface area contributed by atoms with Crippen LogP contribution < -0.4 is 10.1 Å². The lowest BCUT2D eigenvalue weighted by Crippen LogP contribution is -2.28. The molecule has 1 fully saturated rings. The number of carbonyl (C=O) groups excluding carboxylic acids is 2. The van der Waals surface area contributed by atoms with Gasteiger partial charge in [0.1, 0.15) is 5.75 Å². The van der Waals surface area contributed by atoms with Crippen molar-refractivity contribution in [2.75, 3.05) is 18.4 Å². The highest BCUT2D eigenvalue weighted by atomic mass is 79.9. The molecule has 2 amide bonds. The summed E-state index contributed by atoms with van der Waals surface area (Å²) in [5.74, 6) is 0.380. The minimum atomic E-state index is -0.270. The molecular formula is C21H23BrN2O3. The molecule has 0 aromatic heterocycles. The molecule has 1 saturated heterocycles. The fourth-order valence-corrected chi connectivity index (χ4v) is 3.53. The predicted octanol–water partition coefficient (Wildman–Crippen LogP) is 4.72. The standard InChI is InChI=1S/C21H23BrN2O3/c1-14(2)27-19-10-9-15(13-17(19)22)20(25)23-18-8-4-3-7-16(18)21(26)24-11-5-6-12-24/h3-4,7-10,13-14H,5-6,11-12H2,1-2H3,(H,23,25). The molecule has 2 aromatic rings. The second-order valence-corrected chi connectivity index (χ2v) is 7.67. The molecule has 0 saturated carbocycles. The molecule has 0 aliphatic carbocycles. The van der Waals surface area contributed by atoms with E-state index in [4.69, 9.17) is 4.74 Å². The highest BCUT2D eigenvalue weighted by Gasteiger charge is 2.22. The number of hydrogen-bond acceptors (Lipinski definition) is 3. The van der Waals surface area contributed by atoms with Gasteiger partial charge < -0.3 is 15.0 Å². The maximum Gasteiger partial charge on any atom is 0.255 e. The van der Waals surface area contributed by atoms with Gasteiger partial charge in [0, 0.05) is 18.7 Å². The number of ether oxygens (including phenoxy) is 1. The van der Waals surface area contributed by atoms with Crippen molar-refractivity contribution >= 4 is 33.4 Å². The molecule has 142 valence electrons. The molecule has 0 bridgehead atoms. The number of benzene rings is 2. The first-order chi connectivity index (χ1) is 13.0. The van der Waals surface area contributed by atoms with Gasteiger partial charge in [-0.05, 0) is 73.0 Å². The molecule has 1 heterocycles. The van der Waals surface area contributed by atoms with Gasteiger partial charge in [0.15, 0.2) is 0 Å². The minimum Gasteiger partial charge on any atom is -0.490 e. The summed E-state index contributed by atoms with van der Waals surface area (Å²) in [5.41, 5.74) is 1.53. The summed E-state index contributed by atoms with van der Waals surface area (Å²) in [6.45, 7) is 5.43. The average Bonchev–Trinajstić information content (AvgIpc) is 3.17. The predicted molar refractivity (Wildman–Crippen MR) is 109 cm³/mol. The quantitative estimate of drug-likeness (QED) is 0.745. The Morgan fingerprint density at radius 3 is 2.48 bits per heavy atom. The summed E-state index contributed by atoms with van der Waals surface area (Å²) in [4.78, 5) is 27.3. The number of rotatable bonds is 5. The summed E-state index contributed by atoms with van der Waals surface area (Å²) < 4.78 is 6.39. The number of nitrogens with one attached hydrogen (secondary N) is 1. The average molecular weight is 431 g/mol. The number of amides is 2. The Hall–Kier alpha value is -2.34. The van der Waals surface area contributed by atoms with Crippen molar-refractivity contribution < 1.29 is 14.3 Å². The number of carbonyl (C=O) groups is 2. The van der Waals surface area contributed by atoms with Crippen molar-refractivity contribution in [3.8, 4) is 5.75 Å². The Labute approximate surface area is 167 Å². The van der Waals surface area contributed by atoms with Gasteiger partial charge in [0.25, 0.3) is 11.8 Å².